The number of hydrogen-bond acceptors (Lipinski definition) is 3. The van der Waals surface area contributed by atoms with Crippen LogP contribution in [0.4, 0.5) is 5.69 Å². The van der Waals surface area contributed by atoms with Crippen LogP contribution in [0.25, 0.3) is 16.9 Å². The van der Waals surface area contributed by atoms with E-state index >= 15 is 0 Å². The Hall–Kier alpha value is -3.11. The number of rotatable bonds is 4. The average Bonchev–Trinajstić information content (AvgIpc) is 3.02. The van der Waals surface area contributed by atoms with Gasteiger partial charge in [0.05, 0.1) is 17.4 Å². The summed E-state index contributed by atoms with van der Waals surface area (Å²) in [5.41, 5.74) is 6.74. The Morgan fingerprint density at radius 2 is 1.68 bits per heavy atom. The molecule has 1 N–H and O–H groups in total. The fraction of sp³-hybridized carbons (Fsp3) is 0. The average molecular weight is 347 g/mol. The molecule has 122 valence electrons. The monoisotopic (exact) mass is 346 g/mol. The zero-order valence-electron chi connectivity index (χ0n) is 13.3. The third-order valence-electron chi connectivity index (χ3n) is 3.83. The maximum absolute atomic E-state index is 5.99. The quantitative estimate of drug-likeness (QED) is 0.412. The highest BCUT2D eigenvalue weighted by molar-refractivity contribution is 6.30. The van der Waals surface area contributed by atoms with Crippen molar-refractivity contribution in [1.82, 2.24) is 9.38 Å². The van der Waals surface area contributed by atoms with Crippen molar-refractivity contribution in [3.05, 3.63) is 89.7 Å². The number of hydrogen-bond donors (Lipinski definition) is 1. The third kappa shape index (κ3) is 3.25. The molecule has 4 rings (SSSR count). The van der Waals surface area contributed by atoms with E-state index in [0.29, 0.717) is 5.02 Å². The van der Waals surface area contributed by atoms with Crippen LogP contribution in [0, 0.1) is 0 Å². The number of aromatic nitrogens is 2. The van der Waals surface area contributed by atoms with Crippen molar-refractivity contribution in [3.63, 3.8) is 0 Å². The van der Waals surface area contributed by atoms with Crippen LogP contribution >= 0.6 is 11.6 Å². The lowest BCUT2D eigenvalue weighted by atomic mass is 10.2. The summed E-state index contributed by atoms with van der Waals surface area (Å²) < 4.78 is 2.05. The molecule has 0 aliphatic carbocycles. The molecule has 0 saturated carbocycles. The Kier molecular flexibility index (Phi) is 4.19. The molecular weight excluding hydrogens is 332 g/mol. The molecule has 0 spiro atoms. The van der Waals surface area contributed by atoms with Gasteiger partial charge in [-0.25, -0.2) is 4.98 Å². The van der Waals surface area contributed by atoms with Crippen molar-refractivity contribution < 1.29 is 0 Å². The van der Waals surface area contributed by atoms with E-state index < -0.39 is 0 Å². The first kappa shape index (κ1) is 15.4. The number of halogens is 1. The Morgan fingerprint density at radius 3 is 2.48 bits per heavy atom. The number of anilines is 1. The standard InChI is InChI=1S/C20H15ClN4/c21-16-11-9-15(10-12-16)20-23-18(19-8-4-5-13-25(19)20)14-22-24-17-6-2-1-3-7-17/h1-14,24H. The Labute approximate surface area is 150 Å². The van der Waals surface area contributed by atoms with E-state index in [-0.39, 0.29) is 0 Å². The minimum Gasteiger partial charge on any atom is -0.299 e. The molecule has 2 heterocycles. The van der Waals surface area contributed by atoms with E-state index in [2.05, 4.69) is 10.5 Å². The van der Waals surface area contributed by atoms with Gasteiger partial charge in [0, 0.05) is 16.8 Å². The van der Waals surface area contributed by atoms with Crippen molar-refractivity contribution in [2.45, 2.75) is 0 Å². The molecule has 4 aromatic rings. The molecule has 0 amide bonds. The molecule has 25 heavy (non-hydrogen) atoms. The number of imidazole rings is 1. The molecule has 4 nitrogen and oxygen atoms in total. The predicted octanol–water partition coefficient (Wildman–Crippen LogP) is 5.10. The second-order valence-corrected chi connectivity index (χ2v) is 5.96. The second-order valence-electron chi connectivity index (χ2n) is 5.52. The van der Waals surface area contributed by atoms with Gasteiger partial charge in [-0.15, -0.1) is 0 Å². The number of pyridine rings is 1. The Balaban J connectivity index is 1.71. The van der Waals surface area contributed by atoms with Crippen molar-refractivity contribution in [2.75, 3.05) is 5.43 Å². The molecule has 2 aromatic heterocycles. The van der Waals surface area contributed by atoms with Gasteiger partial charge < -0.3 is 0 Å². The van der Waals surface area contributed by atoms with E-state index in [1.54, 1.807) is 6.21 Å². The first-order valence-corrected chi connectivity index (χ1v) is 8.26. The highest BCUT2D eigenvalue weighted by atomic mass is 35.5. The topological polar surface area (TPSA) is 41.7 Å². The minimum atomic E-state index is 0.707. The predicted molar refractivity (Wildman–Crippen MR) is 103 cm³/mol. The Bertz CT molecular complexity index is 1020. The van der Waals surface area contributed by atoms with Gasteiger partial charge in [-0.1, -0.05) is 35.9 Å². The molecule has 0 fully saturated rings. The van der Waals surface area contributed by atoms with Crippen LogP contribution in [0.3, 0.4) is 0 Å². The summed E-state index contributed by atoms with van der Waals surface area (Å²) in [7, 11) is 0. The molecule has 0 saturated heterocycles. The largest absolute Gasteiger partial charge is 0.299 e. The van der Waals surface area contributed by atoms with Crippen LogP contribution in [0.5, 0.6) is 0 Å². The normalized spacial score (nSPS) is 11.2. The summed E-state index contributed by atoms with van der Waals surface area (Å²) in [5, 5.41) is 5.02. The van der Waals surface area contributed by atoms with Gasteiger partial charge >= 0.3 is 0 Å². The van der Waals surface area contributed by atoms with E-state index in [1.807, 2.05) is 83.4 Å². The van der Waals surface area contributed by atoms with Crippen LogP contribution in [0.15, 0.2) is 84.1 Å². The van der Waals surface area contributed by atoms with Crippen molar-refractivity contribution in [1.29, 1.82) is 0 Å². The number of hydrazone groups is 1. The molecule has 0 unspecified atom stereocenters. The van der Waals surface area contributed by atoms with Crippen LogP contribution in [0.1, 0.15) is 5.69 Å². The highest BCUT2D eigenvalue weighted by Gasteiger charge is 2.10. The first-order valence-electron chi connectivity index (χ1n) is 7.88. The summed E-state index contributed by atoms with van der Waals surface area (Å²) >= 11 is 5.99. The number of nitrogens with one attached hydrogen (secondary N) is 1. The van der Waals surface area contributed by atoms with Gasteiger partial charge in [0.15, 0.2) is 0 Å². The molecule has 0 radical (unpaired) electrons. The number of fused-ring (bicyclic) bond motifs is 1. The van der Waals surface area contributed by atoms with Crippen molar-refractivity contribution >= 4 is 29.0 Å². The van der Waals surface area contributed by atoms with Gasteiger partial charge in [0.1, 0.15) is 11.5 Å². The van der Waals surface area contributed by atoms with E-state index in [9.17, 15) is 0 Å². The molecule has 0 aliphatic rings. The van der Waals surface area contributed by atoms with Crippen molar-refractivity contribution in [3.8, 4) is 11.4 Å². The second kappa shape index (κ2) is 6.79. The van der Waals surface area contributed by atoms with Gasteiger partial charge in [0.2, 0.25) is 0 Å². The zero-order valence-corrected chi connectivity index (χ0v) is 14.1. The summed E-state index contributed by atoms with van der Waals surface area (Å²) in [4.78, 5) is 4.75. The third-order valence-corrected chi connectivity index (χ3v) is 4.09. The minimum absolute atomic E-state index is 0.707. The fourth-order valence-electron chi connectivity index (χ4n) is 2.64. The SMILES string of the molecule is Clc1ccc(-c2nc(C=NNc3ccccc3)c3ccccn23)cc1. The van der Waals surface area contributed by atoms with Crippen LogP contribution in [-0.4, -0.2) is 15.6 Å². The van der Waals surface area contributed by atoms with Crippen LogP contribution < -0.4 is 5.43 Å². The first-order chi connectivity index (χ1) is 12.3. The fourth-order valence-corrected chi connectivity index (χ4v) is 2.77. The van der Waals surface area contributed by atoms with Crippen molar-refractivity contribution in [2.24, 2.45) is 5.10 Å². The molecule has 2 aromatic carbocycles. The number of benzene rings is 2. The summed E-state index contributed by atoms with van der Waals surface area (Å²) in [6, 6.07) is 23.5. The smallest absolute Gasteiger partial charge is 0.145 e. The maximum Gasteiger partial charge on any atom is 0.145 e. The van der Waals surface area contributed by atoms with Gasteiger partial charge in [0.25, 0.3) is 0 Å². The van der Waals surface area contributed by atoms with Crippen LogP contribution in [-0.2, 0) is 0 Å². The summed E-state index contributed by atoms with van der Waals surface area (Å²) in [6.07, 6.45) is 3.73. The molecular formula is C20H15ClN4. The lowest BCUT2D eigenvalue weighted by Gasteiger charge is -2.00. The highest BCUT2D eigenvalue weighted by Crippen LogP contribution is 2.23. The van der Waals surface area contributed by atoms with Crippen LogP contribution in [0.2, 0.25) is 5.02 Å². The number of nitrogens with zero attached hydrogens (tertiary/aromatic N) is 3. The lowest BCUT2D eigenvalue weighted by Crippen LogP contribution is -1.91. The number of para-hydroxylation sites is 1. The molecule has 0 aliphatic heterocycles. The van der Waals surface area contributed by atoms with E-state index in [1.165, 1.54) is 0 Å². The Morgan fingerprint density at radius 1 is 0.920 bits per heavy atom. The van der Waals surface area contributed by atoms with E-state index in [0.717, 1.165) is 28.3 Å². The molecule has 0 bridgehead atoms. The zero-order chi connectivity index (χ0) is 17.1. The van der Waals surface area contributed by atoms with E-state index in [4.69, 9.17) is 16.6 Å². The maximum atomic E-state index is 5.99. The molecule has 5 heteroatoms. The van der Waals surface area contributed by atoms with Gasteiger partial charge in [-0.2, -0.15) is 5.10 Å². The van der Waals surface area contributed by atoms with Gasteiger partial charge in [-0.05, 0) is 48.5 Å². The van der Waals surface area contributed by atoms with Gasteiger partial charge in [-0.3, -0.25) is 9.83 Å². The molecule has 0 atom stereocenters. The summed E-state index contributed by atoms with van der Waals surface area (Å²) in [6.45, 7) is 0. The summed E-state index contributed by atoms with van der Waals surface area (Å²) in [5.74, 6) is 0.855. The lowest BCUT2D eigenvalue weighted by molar-refractivity contribution is 1.16.